The third-order valence-corrected chi connectivity index (χ3v) is 5.69. The van der Waals surface area contributed by atoms with Crippen LogP contribution >= 0.6 is 11.6 Å². The molecule has 0 unspecified atom stereocenters. The van der Waals surface area contributed by atoms with Gasteiger partial charge in [0.1, 0.15) is 18.0 Å². The molecule has 1 aromatic heterocycles. The van der Waals surface area contributed by atoms with Crippen molar-refractivity contribution in [1.82, 2.24) is 14.9 Å². The van der Waals surface area contributed by atoms with Gasteiger partial charge in [0.15, 0.2) is 0 Å². The van der Waals surface area contributed by atoms with Crippen LogP contribution in [-0.2, 0) is 0 Å². The number of nitrogens with zero attached hydrogens (tertiary/aromatic N) is 4. The van der Waals surface area contributed by atoms with Gasteiger partial charge in [-0.25, -0.2) is 14.8 Å². The standard InChI is InChI=1S/C23H26ClN7O/c1-16-4-3-5-19(24)22(16)29-23(32)28-21-14-20(25-15-26-21)27-17-6-8-18(9-7-17)31-12-10-30(2)11-13-31/h3-9,14-15H,10-13H2,1-2H3,(H3,25,26,27,28,29,32). The molecule has 2 aromatic carbocycles. The third kappa shape index (κ3) is 5.46. The molecule has 3 N–H and O–H groups in total. The molecule has 1 fully saturated rings. The minimum Gasteiger partial charge on any atom is -0.369 e. The summed E-state index contributed by atoms with van der Waals surface area (Å²) in [7, 11) is 2.15. The van der Waals surface area contributed by atoms with E-state index in [0.29, 0.717) is 22.3 Å². The summed E-state index contributed by atoms with van der Waals surface area (Å²) in [4.78, 5) is 25.5. The SMILES string of the molecule is Cc1cccc(Cl)c1NC(=O)Nc1cc(Nc2ccc(N3CCN(C)CC3)cc2)ncn1. The minimum atomic E-state index is -0.428. The number of carbonyl (C=O) groups is 1. The van der Waals surface area contributed by atoms with Crippen LogP contribution in [0.15, 0.2) is 54.9 Å². The quantitative estimate of drug-likeness (QED) is 0.526. The van der Waals surface area contributed by atoms with Gasteiger partial charge in [-0.1, -0.05) is 23.7 Å². The monoisotopic (exact) mass is 451 g/mol. The van der Waals surface area contributed by atoms with Crippen molar-refractivity contribution in [1.29, 1.82) is 0 Å². The summed E-state index contributed by atoms with van der Waals surface area (Å²) in [5.41, 5.74) is 3.56. The van der Waals surface area contributed by atoms with Gasteiger partial charge in [-0.05, 0) is 49.9 Å². The fraction of sp³-hybridized carbons (Fsp3) is 0.261. The second kappa shape index (κ2) is 9.84. The lowest BCUT2D eigenvalue weighted by Gasteiger charge is -2.34. The first-order valence-corrected chi connectivity index (χ1v) is 10.8. The van der Waals surface area contributed by atoms with E-state index in [4.69, 9.17) is 11.6 Å². The van der Waals surface area contributed by atoms with Gasteiger partial charge in [-0.3, -0.25) is 5.32 Å². The predicted octanol–water partition coefficient (Wildman–Crippen LogP) is 4.58. The van der Waals surface area contributed by atoms with Crippen molar-refractivity contribution in [2.45, 2.75) is 6.92 Å². The van der Waals surface area contributed by atoms with E-state index in [9.17, 15) is 4.79 Å². The number of amides is 2. The number of anilines is 5. The van der Waals surface area contributed by atoms with Crippen molar-refractivity contribution in [3.63, 3.8) is 0 Å². The number of halogens is 1. The smallest absolute Gasteiger partial charge is 0.324 e. The maximum Gasteiger partial charge on any atom is 0.324 e. The summed E-state index contributed by atoms with van der Waals surface area (Å²) in [5, 5.41) is 9.21. The van der Waals surface area contributed by atoms with Crippen molar-refractivity contribution in [2.24, 2.45) is 0 Å². The first kappa shape index (κ1) is 21.9. The van der Waals surface area contributed by atoms with Gasteiger partial charge in [0.25, 0.3) is 0 Å². The van der Waals surface area contributed by atoms with E-state index in [1.807, 2.05) is 31.2 Å². The van der Waals surface area contributed by atoms with Crippen molar-refractivity contribution >= 4 is 46.3 Å². The van der Waals surface area contributed by atoms with Crippen LogP contribution in [0, 0.1) is 6.92 Å². The number of carbonyl (C=O) groups excluding carboxylic acids is 1. The fourth-order valence-electron chi connectivity index (χ4n) is 3.51. The Labute approximate surface area is 192 Å². The molecule has 0 spiro atoms. The van der Waals surface area contributed by atoms with Crippen LogP contribution in [0.1, 0.15) is 5.56 Å². The first-order chi connectivity index (χ1) is 15.5. The fourth-order valence-corrected chi connectivity index (χ4v) is 3.78. The molecule has 0 bridgehead atoms. The summed E-state index contributed by atoms with van der Waals surface area (Å²) in [5.74, 6) is 0.954. The van der Waals surface area contributed by atoms with Gasteiger partial charge in [-0.2, -0.15) is 0 Å². The number of aryl methyl sites for hydroxylation is 1. The summed E-state index contributed by atoms with van der Waals surface area (Å²) in [6.07, 6.45) is 1.40. The van der Waals surface area contributed by atoms with Crippen LogP contribution in [0.3, 0.4) is 0 Å². The molecular formula is C23H26ClN7O. The Kier molecular flexibility index (Phi) is 6.72. The molecule has 1 saturated heterocycles. The topological polar surface area (TPSA) is 85.4 Å². The number of rotatable bonds is 5. The van der Waals surface area contributed by atoms with E-state index in [1.54, 1.807) is 12.1 Å². The van der Waals surface area contributed by atoms with Gasteiger partial charge >= 0.3 is 6.03 Å². The molecule has 0 atom stereocenters. The highest BCUT2D eigenvalue weighted by atomic mass is 35.5. The Morgan fingerprint density at radius 3 is 2.41 bits per heavy atom. The minimum absolute atomic E-state index is 0.374. The molecule has 0 saturated carbocycles. The summed E-state index contributed by atoms with van der Waals surface area (Å²) in [6, 6.07) is 14.9. The molecule has 4 rings (SSSR count). The van der Waals surface area contributed by atoms with Crippen LogP contribution in [0.5, 0.6) is 0 Å². The van der Waals surface area contributed by atoms with Crippen molar-refractivity contribution in [3.8, 4) is 0 Å². The molecular weight excluding hydrogens is 426 g/mol. The molecule has 3 aromatic rings. The van der Waals surface area contributed by atoms with E-state index in [1.165, 1.54) is 12.0 Å². The van der Waals surface area contributed by atoms with Gasteiger partial charge < -0.3 is 20.4 Å². The molecule has 8 nitrogen and oxygen atoms in total. The number of nitrogens with one attached hydrogen (secondary N) is 3. The highest BCUT2D eigenvalue weighted by molar-refractivity contribution is 6.34. The van der Waals surface area contributed by atoms with Gasteiger partial charge in [0, 0.05) is 43.6 Å². The second-order valence-corrected chi connectivity index (χ2v) is 8.17. The lowest BCUT2D eigenvalue weighted by Crippen LogP contribution is -2.44. The highest BCUT2D eigenvalue weighted by Crippen LogP contribution is 2.26. The first-order valence-electron chi connectivity index (χ1n) is 10.4. The zero-order valence-corrected chi connectivity index (χ0v) is 18.9. The molecule has 2 heterocycles. The molecule has 2 amide bonds. The maximum absolute atomic E-state index is 12.4. The van der Waals surface area contributed by atoms with Gasteiger partial charge in [0.2, 0.25) is 0 Å². The average molecular weight is 452 g/mol. The average Bonchev–Trinajstić information content (AvgIpc) is 2.78. The van der Waals surface area contributed by atoms with Gasteiger partial charge in [-0.15, -0.1) is 0 Å². The number of likely N-dealkylation sites (N-methyl/N-ethyl adjacent to an activating group) is 1. The van der Waals surface area contributed by atoms with Crippen molar-refractivity contribution < 1.29 is 4.79 Å². The van der Waals surface area contributed by atoms with Crippen LogP contribution in [0.2, 0.25) is 5.02 Å². The Morgan fingerprint density at radius 1 is 0.969 bits per heavy atom. The molecule has 1 aliphatic rings. The Bertz CT molecular complexity index is 1060. The number of aromatic nitrogens is 2. The van der Waals surface area contributed by atoms with Crippen molar-refractivity contribution in [3.05, 3.63) is 65.4 Å². The number of urea groups is 1. The van der Waals surface area contributed by atoms with E-state index >= 15 is 0 Å². The Hall–Kier alpha value is -3.36. The van der Waals surface area contributed by atoms with Crippen LogP contribution in [-0.4, -0.2) is 54.1 Å². The molecule has 1 aliphatic heterocycles. The zero-order chi connectivity index (χ0) is 22.5. The van der Waals surface area contributed by atoms with Crippen LogP contribution < -0.4 is 20.9 Å². The molecule has 0 aliphatic carbocycles. The van der Waals surface area contributed by atoms with Gasteiger partial charge in [0.05, 0.1) is 10.7 Å². The maximum atomic E-state index is 12.4. The van der Waals surface area contributed by atoms with Crippen LogP contribution in [0.4, 0.5) is 33.5 Å². The number of benzene rings is 2. The second-order valence-electron chi connectivity index (χ2n) is 7.76. The van der Waals surface area contributed by atoms with E-state index < -0.39 is 6.03 Å². The predicted molar refractivity (Wildman–Crippen MR) is 130 cm³/mol. The van der Waals surface area contributed by atoms with Crippen LogP contribution in [0.25, 0.3) is 0 Å². The lowest BCUT2D eigenvalue weighted by molar-refractivity contribution is 0.262. The van der Waals surface area contributed by atoms with E-state index in [2.05, 4.69) is 54.9 Å². The van der Waals surface area contributed by atoms with E-state index in [0.717, 1.165) is 37.4 Å². The highest BCUT2D eigenvalue weighted by Gasteiger charge is 2.14. The molecule has 0 radical (unpaired) electrons. The number of para-hydroxylation sites is 1. The number of hydrogen-bond acceptors (Lipinski definition) is 6. The van der Waals surface area contributed by atoms with E-state index in [-0.39, 0.29) is 0 Å². The molecule has 166 valence electrons. The number of piperazine rings is 1. The summed E-state index contributed by atoms with van der Waals surface area (Å²) in [6.45, 7) is 6.07. The largest absolute Gasteiger partial charge is 0.369 e. The summed E-state index contributed by atoms with van der Waals surface area (Å²) < 4.78 is 0. The number of hydrogen-bond donors (Lipinski definition) is 3. The third-order valence-electron chi connectivity index (χ3n) is 5.38. The zero-order valence-electron chi connectivity index (χ0n) is 18.1. The van der Waals surface area contributed by atoms with Crippen molar-refractivity contribution in [2.75, 3.05) is 54.1 Å². The Morgan fingerprint density at radius 2 is 1.69 bits per heavy atom. The lowest BCUT2D eigenvalue weighted by atomic mass is 10.2. The molecule has 32 heavy (non-hydrogen) atoms. The Balaban J connectivity index is 1.37. The normalized spacial score (nSPS) is 14.2. The summed E-state index contributed by atoms with van der Waals surface area (Å²) >= 11 is 6.18. The molecule has 9 heteroatoms.